The van der Waals surface area contributed by atoms with Crippen molar-refractivity contribution in [2.24, 2.45) is 4.99 Å². The zero-order valence-corrected chi connectivity index (χ0v) is 17.2. The van der Waals surface area contributed by atoms with Crippen LogP contribution in [0.2, 0.25) is 0 Å². The van der Waals surface area contributed by atoms with Crippen molar-refractivity contribution >= 4 is 11.6 Å². The number of benzene rings is 1. The second-order valence-corrected chi connectivity index (χ2v) is 6.48. The van der Waals surface area contributed by atoms with Gasteiger partial charge in [-0.15, -0.1) is 10.2 Å². The Labute approximate surface area is 171 Å². The highest BCUT2D eigenvalue weighted by molar-refractivity contribution is 5.79. The number of guanidine groups is 1. The number of pyridine rings is 1. The number of fused-ring (bicyclic) bond motifs is 1. The number of nitrogens with zero attached hydrogens (tertiary/aromatic N) is 4. The smallest absolute Gasteiger partial charge is 0.191 e. The van der Waals surface area contributed by atoms with E-state index in [0.29, 0.717) is 38.9 Å². The maximum absolute atomic E-state index is 5.91. The predicted octanol–water partition coefficient (Wildman–Crippen LogP) is 2.32. The average molecular weight is 396 g/mol. The molecule has 3 rings (SSSR count). The highest BCUT2D eigenvalue weighted by Gasteiger charge is 2.08. The largest absolute Gasteiger partial charge is 0.491 e. The molecule has 0 fully saturated rings. The number of hydrogen-bond acceptors (Lipinski definition) is 5. The number of aromatic nitrogens is 3. The van der Waals surface area contributed by atoms with E-state index < -0.39 is 0 Å². The lowest BCUT2D eigenvalue weighted by Gasteiger charge is -2.15. The molecule has 2 N–H and O–H groups in total. The van der Waals surface area contributed by atoms with Crippen LogP contribution in [0.5, 0.6) is 5.75 Å². The number of aliphatic imine (C=N–C) groups is 1. The number of nitrogens with one attached hydrogen (secondary N) is 2. The van der Waals surface area contributed by atoms with E-state index in [9.17, 15) is 0 Å². The fourth-order valence-electron chi connectivity index (χ4n) is 2.87. The van der Waals surface area contributed by atoms with E-state index in [2.05, 4.69) is 44.9 Å². The molecule has 0 aliphatic heterocycles. The molecule has 0 aliphatic rings. The van der Waals surface area contributed by atoms with Crippen LogP contribution in [0.25, 0.3) is 5.65 Å². The van der Waals surface area contributed by atoms with E-state index in [-0.39, 0.29) is 0 Å². The topological polar surface area (TPSA) is 85.1 Å². The van der Waals surface area contributed by atoms with E-state index in [0.717, 1.165) is 28.3 Å². The summed E-state index contributed by atoms with van der Waals surface area (Å²) in [6.07, 6.45) is 1.95. The standard InChI is InChI=1S/C21H28N6O2/c1-4-28-11-12-29-18-13-16(2)8-9-17(18)14-23-21(22-3)24-15-20-26-25-19-7-5-6-10-27(19)20/h5-10,13H,4,11-12,14-15H2,1-3H3,(H2,22,23,24). The number of ether oxygens (including phenoxy) is 2. The molecule has 0 atom stereocenters. The second-order valence-electron chi connectivity index (χ2n) is 6.48. The zero-order valence-electron chi connectivity index (χ0n) is 17.2. The quantitative estimate of drug-likeness (QED) is 0.328. The average Bonchev–Trinajstić information content (AvgIpc) is 3.15. The molecule has 3 aromatic rings. The van der Waals surface area contributed by atoms with Crippen molar-refractivity contribution in [3.63, 3.8) is 0 Å². The third-order valence-electron chi connectivity index (χ3n) is 4.38. The van der Waals surface area contributed by atoms with Crippen LogP contribution in [-0.4, -0.2) is 47.4 Å². The van der Waals surface area contributed by atoms with Gasteiger partial charge in [0.2, 0.25) is 0 Å². The summed E-state index contributed by atoms with van der Waals surface area (Å²) in [5.74, 6) is 2.36. The number of aryl methyl sites for hydroxylation is 1. The summed E-state index contributed by atoms with van der Waals surface area (Å²) in [5, 5.41) is 15.0. The Morgan fingerprint density at radius 2 is 1.97 bits per heavy atom. The molecule has 8 nitrogen and oxygen atoms in total. The fourth-order valence-corrected chi connectivity index (χ4v) is 2.87. The van der Waals surface area contributed by atoms with Gasteiger partial charge in [-0.05, 0) is 37.6 Å². The summed E-state index contributed by atoms with van der Waals surface area (Å²) < 4.78 is 13.2. The molecule has 1 aromatic carbocycles. The third kappa shape index (κ3) is 5.68. The maximum Gasteiger partial charge on any atom is 0.191 e. The minimum atomic E-state index is 0.510. The lowest BCUT2D eigenvalue weighted by atomic mass is 10.1. The van der Waals surface area contributed by atoms with Crippen molar-refractivity contribution in [2.75, 3.05) is 26.9 Å². The highest BCUT2D eigenvalue weighted by Crippen LogP contribution is 2.20. The van der Waals surface area contributed by atoms with Crippen molar-refractivity contribution in [1.29, 1.82) is 0 Å². The van der Waals surface area contributed by atoms with Gasteiger partial charge in [0.05, 0.1) is 13.2 Å². The van der Waals surface area contributed by atoms with Gasteiger partial charge < -0.3 is 20.1 Å². The lowest BCUT2D eigenvalue weighted by Crippen LogP contribution is -2.36. The fraction of sp³-hybridized carbons (Fsp3) is 0.381. The minimum absolute atomic E-state index is 0.510. The Bertz CT molecular complexity index is 953. The van der Waals surface area contributed by atoms with Crippen LogP contribution in [0.4, 0.5) is 0 Å². The first kappa shape index (κ1) is 20.6. The molecule has 0 radical (unpaired) electrons. The summed E-state index contributed by atoms with van der Waals surface area (Å²) in [4.78, 5) is 4.29. The summed E-state index contributed by atoms with van der Waals surface area (Å²) in [5.41, 5.74) is 3.03. The Hall–Kier alpha value is -3.13. The maximum atomic E-state index is 5.91. The van der Waals surface area contributed by atoms with Crippen LogP contribution < -0.4 is 15.4 Å². The Morgan fingerprint density at radius 1 is 1.10 bits per heavy atom. The van der Waals surface area contributed by atoms with Crippen molar-refractivity contribution in [1.82, 2.24) is 25.2 Å². The SMILES string of the molecule is CCOCCOc1cc(C)ccc1CNC(=NC)NCc1nnc2ccccn12. The monoisotopic (exact) mass is 396 g/mol. The molecule has 0 unspecified atom stereocenters. The lowest BCUT2D eigenvalue weighted by molar-refractivity contribution is 0.110. The normalized spacial score (nSPS) is 11.6. The van der Waals surface area contributed by atoms with Crippen molar-refractivity contribution < 1.29 is 9.47 Å². The van der Waals surface area contributed by atoms with E-state index >= 15 is 0 Å². The summed E-state index contributed by atoms with van der Waals surface area (Å²) in [7, 11) is 1.74. The zero-order chi connectivity index (χ0) is 20.5. The molecule has 2 heterocycles. The summed E-state index contributed by atoms with van der Waals surface area (Å²) >= 11 is 0. The van der Waals surface area contributed by atoms with E-state index in [1.807, 2.05) is 41.8 Å². The number of hydrogen-bond donors (Lipinski definition) is 2. The van der Waals surface area contributed by atoms with Gasteiger partial charge in [-0.3, -0.25) is 9.39 Å². The van der Waals surface area contributed by atoms with Crippen LogP contribution in [0.1, 0.15) is 23.9 Å². The van der Waals surface area contributed by atoms with Gasteiger partial charge in [0.1, 0.15) is 12.4 Å². The molecule has 29 heavy (non-hydrogen) atoms. The Kier molecular flexibility index (Phi) is 7.40. The Morgan fingerprint density at radius 3 is 2.79 bits per heavy atom. The molecule has 0 amide bonds. The van der Waals surface area contributed by atoms with Crippen molar-refractivity contribution in [2.45, 2.75) is 26.9 Å². The van der Waals surface area contributed by atoms with Gasteiger partial charge >= 0.3 is 0 Å². The molecule has 0 saturated carbocycles. The van der Waals surface area contributed by atoms with Crippen LogP contribution in [-0.2, 0) is 17.8 Å². The highest BCUT2D eigenvalue weighted by atomic mass is 16.5. The number of rotatable bonds is 9. The van der Waals surface area contributed by atoms with Crippen LogP contribution in [0.15, 0.2) is 47.6 Å². The van der Waals surface area contributed by atoms with E-state index in [1.54, 1.807) is 7.05 Å². The van der Waals surface area contributed by atoms with Gasteiger partial charge in [-0.1, -0.05) is 18.2 Å². The van der Waals surface area contributed by atoms with Gasteiger partial charge in [0, 0.05) is 32.0 Å². The first-order valence-corrected chi connectivity index (χ1v) is 9.74. The summed E-state index contributed by atoms with van der Waals surface area (Å²) in [6, 6.07) is 12.0. The first-order valence-electron chi connectivity index (χ1n) is 9.74. The molecule has 154 valence electrons. The first-order chi connectivity index (χ1) is 14.2. The van der Waals surface area contributed by atoms with E-state index in [4.69, 9.17) is 9.47 Å². The molecular formula is C21H28N6O2. The second kappa shape index (κ2) is 10.4. The Balaban J connectivity index is 1.57. The molecule has 0 bridgehead atoms. The molecule has 0 spiro atoms. The van der Waals surface area contributed by atoms with Gasteiger partial charge in [0.25, 0.3) is 0 Å². The van der Waals surface area contributed by atoms with Crippen molar-refractivity contribution in [3.8, 4) is 5.75 Å². The minimum Gasteiger partial charge on any atom is -0.491 e. The molecule has 2 aromatic heterocycles. The summed E-state index contributed by atoms with van der Waals surface area (Å²) in [6.45, 7) is 6.92. The molecule has 8 heteroatoms. The van der Waals surface area contributed by atoms with Crippen molar-refractivity contribution in [3.05, 3.63) is 59.5 Å². The predicted molar refractivity (Wildman–Crippen MR) is 113 cm³/mol. The van der Waals surface area contributed by atoms with Crippen LogP contribution in [0.3, 0.4) is 0 Å². The van der Waals surface area contributed by atoms with E-state index in [1.165, 1.54) is 0 Å². The van der Waals surface area contributed by atoms with Gasteiger partial charge in [0.15, 0.2) is 17.4 Å². The van der Waals surface area contributed by atoms with Gasteiger partial charge in [-0.2, -0.15) is 0 Å². The molecular weight excluding hydrogens is 368 g/mol. The third-order valence-corrected chi connectivity index (χ3v) is 4.38. The molecule has 0 aliphatic carbocycles. The van der Waals surface area contributed by atoms with Crippen LogP contribution in [0, 0.1) is 6.92 Å². The molecule has 0 saturated heterocycles. The van der Waals surface area contributed by atoms with Gasteiger partial charge in [-0.25, -0.2) is 0 Å². The van der Waals surface area contributed by atoms with Crippen LogP contribution >= 0.6 is 0 Å².